The van der Waals surface area contributed by atoms with Crippen LogP contribution >= 0.6 is 0 Å². The standard InChI is InChI=1S/C46H32N2/c1-46(2)38-16-8-5-13-33(38)34-22-21-31(27-39(34)46)48-41-18-10-7-15-36(41)45-43(48)24-23-42-44(45)35-14-6-9-17-40(35)47(42)30-20-19-29-25-28-11-3-4-12-32(28)37(29)26-30/h3-24,26-27H,25H2,1-2H3/i1D3. The second-order valence-corrected chi connectivity index (χ2v) is 13.6. The molecule has 48 heavy (non-hydrogen) atoms. The van der Waals surface area contributed by atoms with Gasteiger partial charge in [-0.1, -0.05) is 111 Å². The third-order valence-electron chi connectivity index (χ3n) is 11.1. The largest absolute Gasteiger partial charge is 0.309 e. The summed E-state index contributed by atoms with van der Waals surface area (Å²) in [5.74, 6) is 0. The summed E-state index contributed by atoms with van der Waals surface area (Å²) in [6.45, 7) is -0.336. The van der Waals surface area contributed by atoms with Gasteiger partial charge in [-0.15, -0.1) is 0 Å². The molecular weight excluding hydrogens is 581 g/mol. The lowest BCUT2D eigenvalue weighted by molar-refractivity contribution is 0.660. The van der Waals surface area contributed by atoms with E-state index in [0.29, 0.717) is 0 Å². The van der Waals surface area contributed by atoms with Gasteiger partial charge >= 0.3 is 0 Å². The zero-order valence-corrected chi connectivity index (χ0v) is 26.5. The number of fused-ring (bicyclic) bond motifs is 13. The molecule has 1 atom stereocenters. The Morgan fingerprint density at radius 3 is 1.77 bits per heavy atom. The molecule has 0 amide bonds. The van der Waals surface area contributed by atoms with Crippen molar-refractivity contribution in [2.45, 2.75) is 25.6 Å². The fourth-order valence-electron chi connectivity index (χ4n) is 8.94. The highest BCUT2D eigenvalue weighted by atomic mass is 15.0. The zero-order chi connectivity index (χ0) is 34.2. The SMILES string of the molecule is [2H]C([2H])([2H])C1(C)c2ccccc2-c2ccc(-n3c4ccccc4c4c5c6ccccc6n(-c6ccc7c(c6)-c6ccccc6C7)c5ccc43)cc21. The topological polar surface area (TPSA) is 9.86 Å². The van der Waals surface area contributed by atoms with Crippen molar-refractivity contribution in [3.63, 3.8) is 0 Å². The second-order valence-electron chi connectivity index (χ2n) is 13.6. The molecule has 7 aromatic carbocycles. The monoisotopic (exact) mass is 615 g/mol. The molecule has 2 nitrogen and oxygen atoms in total. The normalized spacial score (nSPS) is 17.3. The number of nitrogens with zero attached hydrogens (tertiary/aromatic N) is 2. The summed E-state index contributed by atoms with van der Waals surface area (Å²) in [4.78, 5) is 0. The van der Waals surface area contributed by atoms with E-state index >= 15 is 0 Å². The fraction of sp³-hybridized carbons (Fsp3) is 0.0870. The predicted molar refractivity (Wildman–Crippen MR) is 201 cm³/mol. The molecule has 0 saturated heterocycles. The van der Waals surface area contributed by atoms with Crippen LogP contribution in [-0.2, 0) is 11.8 Å². The van der Waals surface area contributed by atoms with Gasteiger partial charge in [0.25, 0.3) is 0 Å². The van der Waals surface area contributed by atoms with Gasteiger partial charge in [-0.25, -0.2) is 0 Å². The number of rotatable bonds is 2. The molecule has 0 aliphatic heterocycles. The van der Waals surface area contributed by atoms with E-state index in [4.69, 9.17) is 4.11 Å². The van der Waals surface area contributed by atoms with Crippen LogP contribution in [0.5, 0.6) is 0 Å². The number of benzene rings is 7. The molecule has 0 spiro atoms. The molecule has 0 bridgehead atoms. The molecular formula is C46H32N2. The molecule has 2 heteroatoms. The van der Waals surface area contributed by atoms with E-state index in [9.17, 15) is 0 Å². The Morgan fingerprint density at radius 2 is 1.04 bits per heavy atom. The smallest absolute Gasteiger partial charge is 0.0548 e. The first-order valence-electron chi connectivity index (χ1n) is 18.2. The lowest BCUT2D eigenvalue weighted by Gasteiger charge is -2.22. The third-order valence-corrected chi connectivity index (χ3v) is 11.1. The van der Waals surface area contributed by atoms with Gasteiger partial charge in [0.05, 0.1) is 22.1 Å². The van der Waals surface area contributed by atoms with Crippen molar-refractivity contribution < 1.29 is 4.11 Å². The highest BCUT2D eigenvalue weighted by Gasteiger charge is 2.35. The van der Waals surface area contributed by atoms with Crippen molar-refractivity contribution in [3.8, 4) is 33.6 Å². The van der Waals surface area contributed by atoms with Crippen molar-refractivity contribution >= 4 is 43.6 Å². The molecule has 2 heterocycles. The summed E-state index contributed by atoms with van der Waals surface area (Å²) in [6, 6.07) is 52.0. The number of aromatic nitrogens is 2. The lowest BCUT2D eigenvalue weighted by atomic mass is 9.82. The molecule has 0 saturated carbocycles. The summed E-state index contributed by atoms with van der Waals surface area (Å²) in [5, 5.41) is 4.80. The number of para-hydroxylation sites is 2. The van der Waals surface area contributed by atoms with Crippen LogP contribution in [-0.4, -0.2) is 9.13 Å². The average Bonchev–Trinajstić information content (AvgIpc) is 3.87. The van der Waals surface area contributed by atoms with E-state index < -0.39 is 12.3 Å². The Balaban J connectivity index is 1.19. The molecule has 11 rings (SSSR count). The van der Waals surface area contributed by atoms with Gasteiger partial charge in [-0.2, -0.15) is 0 Å². The molecule has 9 aromatic rings. The minimum Gasteiger partial charge on any atom is -0.309 e. The quantitative estimate of drug-likeness (QED) is 0.183. The van der Waals surface area contributed by atoms with Crippen LogP contribution in [0.25, 0.3) is 77.2 Å². The van der Waals surface area contributed by atoms with Crippen LogP contribution in [0.3, 0.4) is 0 Å². The minimum absolute atomic E-state index is 0.850. The van der Waals surface area contributed by atoms with Gasteiger partial charge in [0.15, 0.2) is 0 Å². The van der Waals surface area contributed by atoms with Crippen LogP contribution in [0.15, 0.2) is 146 Å². The van der Waals surface area contributed by atoms with Gasteiger partial charge in [-0.05, 0) is 99.5 Å². The molecule has 2 aromatic heterocycles. The summed E-state index contributed by atoms with van der Waals surface area (Å²) >= 11 is 0. The highest BCUT2D eigenvalue weighted by molar-refractivity contribution is 6.29. The molecule has 0 radical (unpaired) electrons. The van der Waals surface area contributed by atoms with E-state index in [-0.39, 0.29) is 0 Å². The highest BCUT2D eigenvalue weighted by Crippen LogP contribution is 2.50. The molecule has 2 aliphatic carbocycles. The maximum absolute atomic E-state index is 8.74. The molecule has 0 N–H and O–H groups in total. The van der Waals surface area contributed by atoms with Gasteiger partial charge < -0.3 is 9.13 Å². The van der Waals surface area contributed by atoms with E-state index in [1.807, 2.05) is 25.1 Å². The van der Waals surface area contributed by atoms with Crippen molar-refractivity contribution in [3.05, 3.63) is 168 Å². The van der Waals surface area contributed by atoms with Crippen LogP contribution in [0.4, 0.5) is 0 Å². The maximum Gasteiger partial charge on any atom is 0.0548 e. The zero-order valence-electron chi connectivity index (χ0n) is 29.5. The van der Waals surface area contributed by atoms with Crippen LogP contribution in [0.2, 0.25) is 0 Å². The molecule has 2 aliphatic rings. The van der Waals surface area contributed by atoms with Crippen LogP contribution in [0.1, 0.15) is 40.1 Å². The van der Waals surface area contributed by atoms with Crippen molar-refractivity contribution in [1.29, 1.82) is 0 Å². The summed E-state index contributed by atoms with van der Waals surface area (Å²) in [7, 11) is 0. The van der Waals surface area contributed by atoms with E-state index in [1.54, 1.807) is 0 Å². The van der Waals surface area contributed by atoms with E-state index in [1.165, 1.54) is 49.3 Å². The Labute approximate surface area is 283 Å². The first kappa shape index (κ1) is 23.5. The Bertz CT molecular complexity index is 2960. The maximum atomic E-state index is 8.74. The Morgan fingerprint density at radius 1 is 0.479 bits per heavy atom. The first-order chi connectivity index (χ1) is 24.8. The van der Waals surface area contributed by atoms with Gasteiger partial charge in [0, 0.05) is 42.4 Å². The third kappa shape index (κ3) is 3.27. The van der Waals surface area contributed by atoms with Gasteiger partial charge in [-0.3, -0.25) is 0 Å². The van der Waals surface area contributed by atoms with Gasteiger partial charge in [0.2, 0.25) is 0 Å². The van der Waals surface area contributed by atoms with Crippen molar-refractivity contribution in [2.24, 2.45) is 0 Å². The van der Waals surface area contributed by atoms with Gasteiger partial charge in [0.1, 0.15) is 0 Å². The van der Waals surface area contributed by atoms with E-state index in [0.717, 1.165) is 56.6 Å². The lowest BCUT2D eigenvalue weighted by Crippen LogP contribution is -2.15. The number of hydrogen-bond donors (Lipinski definition) is 0. The van der Waals surface area contributed by atoms with E-state index in [2.05, 4.69) is 137 Å². The van der Waals surface area contributed by atoms with Crippen molar-refractivity contribution in [1.82, 2.24) is 9.13 Å². The number of hydrogen-bond acceptors (Lipinski definition) is 0. The Hall–Kier alpha value is -5.86. The Kier molecular flexibility index (Phi) is 4.47. The second kappa shape index (κ2) is 9.14. The fourth-order valence-corrected chi connectivity index (χ4v) is 8.94. The van der Waals surface area contributed by atoms with Crippen LogP contribution in [0, 0.1) is 0 Å². The molecule has 1 unspecified atom stereocenters. The summed E-state index contributed by atoms with van der Waals surface area (Å²) < 4.78 is 31.0. The summed E-state index contributed by atoms with van der Waals surface area (Å²) in [6.07, 6.45) is 0.972. The van der Waals surface area contributed by atoms with Crippen LogP contribution < -0.4 is 0 Å². The molecule has 226 valence electrons. The summed E-state index contributed by atoms with van der Waals surface area (Å²) in [5.41, 5.74) is 14.6. The predicted octanol–water partition coefficient (Wildman–Crippen LogP) is 11.8. The minimum atomic E-state index is -2.22. The first-order valence-corrected chi connectivity index (χ1v) is 16.7. The van der Waals surface area contributed by atoms with Crippen molar-refractivity contribution in [2.75, 3.05) is 0 Å². The molecule has 0 fully saturated rings. The average molecular weight is 616 g/mol.